The summed E-state index contributed by atoms with van der Waals surface area (Å²) in [5.74, 6) is 1.37. The van der Waals surface area contributed by atoms with Crippen molar-refractivity contribution in [2.75, 3.05) is 19.5 Å². The van der Waals surface area contributed by atoms with E-state index in [1.807, 2.05) is 47.4 Å². The van der Waals surface area contributed by atoms with E-state index in [4.69, 9.17) is 9.47 Å². The van der Waals surface area contributed by atoms with Gasteiger partial charge in [-0.25, -0.2) is 0 Å². The van der Waals surface area contributed by atoms with E-state index in [1.54, 1.807) is 14.2 Å². The Kier molecular flexibility index (Phi) is 4.83. The van der Waals surface area contributed by atoms with E-state index < -0.39 is 0 Å². The normalized spacial score (nSPS) is 17.5. The van der Waals surface area contributed by atoms with E-state index in [0.29, 0.717) is 17.1 Å². The molecule has 5 nitrogen and oxygen atoms in total. The minimum absolute atomic E-state index is 0.0449. The number of methoxy groups -OCH3 is 2. The van der Waals surface area contributed by atoms with Crippen LogP contribution < -0.4 is 14.8 Å². The highest BCUT2D eigenvalue weighted by Gasteiger charge is 2.35. The van der Waals surface area contributed by atoms with E-state index in [-0.39, 0.29) is 18.1 Å². The summed E-state index contributed by atoms with van der Waals surface area (Å²) in [5.41, 5.74) is 2.52. The maximum absolute atomic E-state index is 13.1. The molecule has 5 heteroatoms. The van der Waals surface area contributed by atoms with Gasteiger partial charge in [0.15, 0.2) is 11.5 Å². The topological polar surface area (TPSA) is 50.8 Å². The lowest BCUT2D eigenvalue weighted by Gasteiger charge is -2.41. The first-order valence-corrected chi connectivity index (χ1v) is 8.50. The number of carbonyl (C=O) groups is 1. The summed E-state index contributed by atoms with van der Waals surface area (Å²) in [5, 5.41) is 3.51. The van der Waals surface area contributed by atoms with Crippen LogP contribution in [-0.2, 0) is 0 Å². The molecule has 2 aromatic rings. The van der Waals surface area contributed by atoms with Gasteiger partial charge in [-0.1, -0.05) is 25.1 Å². The lowest BCUT2D eigenvalue weighted by Crippen LogP contribution is -2.47. The Labute approximate surface area is 148 Å². The van der Waals surface area contributed by atoms with Crippen LogP contribution in [0.4, 0.5) is 5.69 Å². The fraction of sp³-hybridized carbons (Fsp3) is 0.350. The molecule has 3 rings (SSSR count). The number of nitrogens with one attached hydrogen (secondary N) is 1. The number of ether oxygens (including phenoxy) is 2. The van der Waals surface area contributed by atoms with E-state index in [2.05, 4.69) is 19.2 Å². The molecular weight excluding hydrogens is 316 g/mol. The minimum atomic E-state index is -0.253. The fourth-order valence-corrected chi connectivity index (χ4v) is 3.19. The number of hydrogen-bond donors (Lipinski definition) is 1. The molecule has 132 valence electrons. The summed E-state index contributed by atoms with van der Waals surface area (Å²) in [4.78, 5) is 15.0. The van der Waals surface area contributed by atoms with Crippen LogP contribution in [-0.4, -0.2) is 31.1 Å². The third kappa shape index (κ3) is 3.02. The molecule has 0 radical (unpaired) electrons. The van der Waals surface area contributed by atoms with Crippen LogP contribution in [0.15, 0.2) is 42.5 Å². The Morgan fingerprint density at radius 3 is 2.52 bits per heavy atom. The second kappa shape index (κ2) is 7.05. The van der Waals surface area contributed by atoms with Crippen LogP contribution in [0.1, 0.15) is 42.4 Å². The molecule has 1 N–H and O–H groups in total. The molecule has 0 fully saturated rings. The predicted molar refractivity (Wildman–Crippen MR) is 98.3 cm³/mol. The summed E-state index contributed by atoms with van der Waals surface area (Å²) in [6, 6.07) is 13.5. The Hall–Kier alpha value is -2.69. The van der Waals surface area contributed by atoms with E-state index in [1.165, 1.54) is 0 Å². The van der Waals surface area contributed by atoms with Crippen LogP contribution in [0.25, 0.3) is 0 Å². The van der Waals surface area contributed by atoms with Crippen molar-refractivity contribution in [3.63, 3.8) is 0 Å². The zero-order chi connectivity index (χ0) is 18.0. The minimum Gasteiger partial charge on any atom is -0.493 e. The maximum atomic E-state index is 13.1. The first-order valence-electron chi connectivity index (χ1n) is 8.50. The molecule has 0 aromatic heterocycles. The second-order valence-electron chi connectivity index (χ2n) is 6.18. The Morgan fingerprint density at radius 2 is 1.84 bits per heavy atom. The monoisotopic (exact) mass is 340 g/mol. The molecule has 0 saturated carbocycles. The summed E-state index contributed by atoms with van der Waals surface area (Å²) in [6.07, 6.45) is 0.622. The number of anilines is 1. The number of rotatable bonds is 5. The van der Waals surface area contributed by atoms with Crippen molar-refractivity contribution in [1.82, 2.24) is 4.90 Å². The van der Waals surface area contributed by atoms with Crippen molar-refractivity contribution in [2.45, 2.75) is 32.5 Å². The number of nitrogens with zero attached hydrogens (tertiary/aromatic N) is 1. The van der Waals surface area contributed by atoms with Gasteiger partial charge in [0.05, 0.1) is 19.8 Å². The predicted octanol–water partition coefficient (Wildman–Crippen LogP) is 4.07. The van der Waals surface area contributed by atoms with Crippen LogP contribution >= 0.6 is 0 Å². The number of amides is 1. The standard InChI is InChI=1S/C20H24N2O3/c1-5-13(2)22-19(14-10-11-17(24-3)18(12-14)25-4)21-16-9-7-6-8-15(16)20(22)23/h6-13,19,21H,5H2,1-4H3. The van der Waals surface area contributed by atoms with E-state index >= 15 is 0 Å². The van der Waals surface area contributed by atoms with Gasteiger partial charge in [-0.2, -0.15) is 0 Å². The van der Waals surface area contributed by atoms with Crippen molar-refractivity contribution in [3.8, 4) is 11.5 Å². The van der Waals surface area contributed by atoms with Crippen molar-refractivity contribution < 1.29 is 14.3 Å². The van der Waals surface area contributed by atoms with E-state index in [9.17, 15) is 4.79 Å². The highest BCUT2D eigenvalue weighted by Crippen LogP contribution is 2.38. The molecule has 1 amide bonds. The van der Waals surface area contributed by atoms with Crippen LogP contribution in [0, 0.1) is 0 Å². The SMILES string of the molecule is CCC(C)N1C(=O)c2ccccc2NC1c1ccc(OC)c(OC)c1. The van der Waals surface area contributed by atoms with Gasteiger partial charge in [0.2, 0.25) is 0 Å². The van der Waals surface area contributed by atoms with Crippen molar-refractivity contribution in [3.05, 3.63) is 53.6 Å². The quantitative estimate of drug-likeness (QED) is 0.891. The number of carbonyl (C=O) groups excluding carboxylic acids is 1. The van der Waals surface area contributed by atoms with Crippen LogP contribution in [0.3, 0.4) is 0 Å². The molecule has 1 heterocycles. The summed E-state index contributed by atoms with van der Waals surface area (Å²) in [7, 11) is 3.23. The molecule has 2 aromatic carbocycles. The fourth-order valence-electron chi connectivity index (χ4n) is 3.19. The van der Waals surface area contributed by atoms with Gasteiger partial charge >= 0.3 is 0 Å². The molecule has 1 aliphatic heterocycles. The van der Waals surface area contributed by atoms with Gasteiger partial charge in [0, 0.05) is 11.7 Å². The number of fused-ring (bicyclic) bond motifs is 1. The molecule has 2 atom stereocenters. The molecule has 25 heavy (non-hydrogen) atoms. The zero-order valence-electron chi connectivity index (χ0n) is 15.1. The third-order valence-electron chi connectivity index (χ3n) is 4.75. The van der Waals surface area contributed by atoms with Gasteiger partial charge < -0.3 is 19.7 Å². The average Bonchev–Trinajstić information content (AvgIpc) is 2.66. The van der Waals surface area contributed by atoms with Crippen molar-refractivity contribution >= 4 is 11.6 Å². The number of para-hydroxylation sites is 1. The van der Waals surface area contributed by atoms with Gasteiger partial charge in [0.25, 0.3) is 5.91 Å². The molecule has 0 spiro atoms. The largest absolute Gasteiger partial charge is 0.493 e. The molecule has 2 unspecified atom stereocenters. The van der Waals surface area contributed by atoms with Crippen LogP contribution in [0.5, 0.6) is 11.5 Å². The number of hydrogen-bond acceptors (Lipinski definition) is 4. The number of benzene rings is 2. The Balaban J connectivity index is 2.08. The third-order valence-corrected chi connectivity index (χ3v) is 4.75. The highest BCUT2D eigenvalue weighted by molar-refractivity contribution is 6.01. The highest BCUT2D eigenvalue weighted by atomic mass is 16.5. The van der Waals surface area contributed by atoms with E-state index in [0.717, 1.165) is 17.7 Å². The van der Waals surface area contributed by atoms with Gasteiger partial charge in [-0.05, 0) is 43.2 Å². The first-order chi connectivity index (χ1) is 12.1. The summed E-state index contributed by atoms with van der Waals surface area (Å²) >= 11 is 0. The molecule has 0 bridgehead atoms. The second-order valence-corrected chi connectivity index (χ2v) is 6.18. The van der Waals surface area contributed by atoms with Crippen molar-refractivity contribution in [1.29, 1.82) is 0 Å². The molecular formula is C20H24N2O3. The molecule has 1 aliphatic rings. The first kappa shape index (κ1) is 17.1. The Bertz CT molecular complexity index is 775. The summed E-state index contributed by atoms with van der Waals surface area (Å²) in [6.45, 7) is 4.16. The maximum Gasteiger partial charge on any atom is 0.258 e. The average molecular weight is 340 g/mol. The smallest absolute Gasteiger partial charge is 0.258 e. The molecule has 0 aliphatic carbocycles. The Morgan fingerprint density at radius 1 is 1.12 bits per heavy atom. The van der Waals surface area contributed by atoms with Crippen molar-refractivity contribution in [2.24, 2.45) is 0 Å². The van der Waals surface area contributed by atoms with Crippen LogP contribution in [0.2, 0.25) is 0 Å². The van der Waals surface area contributed by atoms with Gasteiger partial charge in [-0.15, -0.1) is 0 Å². The van der Waals surface area contributed by atoms with Gasteiger partial charge in [-0.3, -0.25) is 4.79 Å². The lowest BCUT2D eigenvalue weighted by atomic mass is 10.0. The lowest BCUT2D eigenvalue weighted by molar-refractivity contribution is 0.0593. The van der Waals surface area contributed by atoms with Gasteiger partial charge in [0.1, 0.15) is 6.17 Å². The summed E-state index contributed by atoms with van der Waals surface area (Å²) < 4.78 is 10.8. The molecule has 0 saturated heterocycles. The zero-order valence-corrected chi connectivity index (χ0v) is 15.1.